The van der Waals surface area contributed by atoms with E-state index >= 15 is 0 Å². The Labute approximate surface area is 129 Å². The highest BCUT2D eigenvalue weighted by molar-refractivity contribution is 7.13. The topological polar surface area (TPSA) is 54.0 Å². The predicted molar refractivity (Wildman–Crippen MR) is 87.7 cm³/mol. The first kappa shape index (κ1) is 15.7. The number of aryl methyl sites for hydroxylation is 1. The summed E-state index contributed by atoms with van der Waals surface area (Å²) in [6.07, 6.45) is 0.374. The van der Waals surface area contributed by atoms with Crippen molar-refractivity contribution in [3.8, 4) is 0 Å². The number of hydrogen-bond acceptors (Lipinski definition) is 4. The third-order valence-corrected chi connectivity index (χ3v) is 3.95. The van der Waals surface area contributed by atoms with E-state index in [0.717, 1.165) is 23.4 Å². The molecule has 0 fully saturated rings. The van der Waals surface area contributed by atoms with Crippen LogP contribution in [0.4, 0.5) is 5.13 Å². The van der Waals surface area contributed by atoms with Crippen LogP contribution in [0.15, 0.2) is 29.6 Å². The lowest BCUT2D eigenvalue weighted by Gasteiger charge is -2.08. The van der Waals surface area contributed by atoms with Crippen LogP contribution < -0.4 is 10.6 Å². The molecule has 0 aliphatic rings. The van der Waals surface area contributed by atoms with Crippen LogP contribution in [0.3, 0.4) is 0 Å². The summed E-state index contributed by atoms with van der Waals surface area (Å²) in [4.78, 5) is 16.5. The van der Waals surface area contributed by atoms with Crippen LogP contribution in [0.1, 0.15) is 36.7 Å². The number of rotatable bonds is 6. The number of carbonyl (C=O) groups excluding carboxylic acids is 1. The van der Waals surface area contributed by atoms with Crippen LogP contribution in [0.25, 0.3) is 0 Å². The number of thiazole rings is 1. The molecule has 2 aromatic rings. The molecule has 1 atom stereocenters. The number of carbonyl (C=O) groups is 1. The zero-order chi connectivity index (χ0) is 15.2. The van der Waals surface area contributed by atoms with E-state index in [9.17, 15) is 4.79 Å². The van der Waals surface area contributed by atoms with Crippen molar-refractivity contribution >= 4 is 22.4 Å². The summed E-state index contributed by atoms with van der Waals surface area (Å²) in [6, 6.07) is 8.19. The molecule has 112 valence electrons. The highest BCUT2D eigenvalue weighted by atomic mass is 32.1. The Morgan fingerprint density at radius 2 is 2.24 bits per heavy atom. The van der Waals surface area contributed by atoms with E-state index in [2.05, 4.69) is 29.5 Å². The second-order valence-corrected chi connectivity index (χ2v) is 5.93. The Bertz CT molecular complexity index is 609. The van der Waals surface area contributed by atoms with Gasteiger partial charge in [-0.1, -0.05) is 36.8 Å². The number of anilines is 1. The molecule has 1 amide bonds. The second-order valence-electron chi connectivity index (χ2n) is 5.07. The number of hydrogen-bond donors (Lipinski definition) is 2. The van der Waals surface area contributed by atoms with Crippen molar-refractivity contribution < 1.29 is 4.79 Å². The number of amides is 1. The van der Waals surface area contributed by atoms with Gasteiger partial charge in [0.25, 0.3) is 0 Å². The van der Waals surface area contributed by atoms with E-state index in [-0.39, 0.29) is 11.9 Å². The third kappa shape index (κ3) is 4.65. The van der Waals surface area contributed by atoms with Crippen molar-refractivity contribution in [3.05, 3.63) is 46.5 Å². The normalized spacial score (nSPS) is 12.1. The molecule has 1 aromatic heterocycles. The lowest BCUT2D eigenvalue weighted by molar-refractivity contribution is -0.115. The van der Waals surface area contributed by atoms with E-state index in [1.54, 1.807) is 0 Å². The van der Waals surface area contributed by atoms with Gasteiger partial charge in [0.15, 0.2) is 5.13 Å². The number of nitrogens with zero attached hydrogens (tertiary/aromatic N) is 1. The summed E-state index contributed by atoms with van der Waals surface area (Å²) < 4.78 is 0. The van der Waals surface area contributed by atoms with Crippen molar-refractivity contribution in [1.29, 1.82) is 0 Å². The molecule has 0 saturated carbocycles. The monoisotopic (exact) mass is 303 g/mol. The van der Waals surface area contributed by atoms with Crippen LogP contribution in [0, 0.1) is 6.92 Å². The van der Waals surface area contributed by atoms with Gasteiger partial charge in [0.05, 0.1) is 12.1 Å². The van der Waals surface area contributed by atoms with Gasteiger partial charge in [0.2, 0.25) is 5.91 Å². The molecule has 2 rings (SSSR count). The van der Waals surface area contributed by atoms with E-state index in [4.69, 9.17) is 0 Å². The molecular formula is C16H21N3OS. The minimum Gasteiger partial charge on any atom is -0.309 e. The van der Waals surface area contributed by atoms with Gasteiger partial charge < -0.3 is 10.6 Å². The van der Waals surface area contributed by atoms with Crippen molar-refractivity contribution in [2.24, 2.45) is 0 Å². The van der Waals surface area contributed by atoms with Crippen LogP contribution in [-0.4, -0.2) is 17.4 Å². The highest BCUT2D eigenvalue weighted by Crippen LogP contribution is 2.20. The summed E-state index contributed by atoms with van der Waals surface area (Å²) in [7, 11) is 0. The van der Waals surface area contributed by atoms with Crippen molar-refractivity contribution in [2.45, 2.75) is 33.2 Å². The lowest BCUT2D eigenvalue weighted by atomic mass is 10.1. The molecule has 0 aliphatic carbocycles. The zero-order valence-corrected chi connectivity index (χ0v) is 13.5. The van der Waals surface area contributed by atoms with E-state index in [0.29, 0.717) is 11.6 Å². The standard InChI is InChI=1S/C16H21N3OS/c1-4-17-12(3)14-10-21-16(18-14)19-15(20)9-13-7-5-6-11(2)8-13/h5-8,10,12,17H,4,9H2,1-3H3,(H,18,19,20). The Kier molecular flexibility index (Phi) is 5.47. The Balaban J connectivity index is 1.94. The van der Waals surface area contributed by atoms with Crippen LogP contribution >= 0.6 is 11.3 Å². The highest BCUT2D eigenvalue weighted by Gasteiger charge is 2.11. The van der Waals surface area contributed by atoms with Gasteiger partial charge in [-0.25, -0.2) is 4.98 Å². The number of benzene rings is 1. The summed E-state index contributed by atoms with van der Waals surface area (Å²) in [5.74, 6) is -0.0300. The molecule has 21 heavy (non-hydrogen) atoms. The SMILES string of the molecule is CCNC(C)c1csc(NC(=O)Cc2cccc(C)c2)n1. The van der Waals surface area contributed by atoms with Gasteiger partial charge in [0, 0.05) is 11.4 Å². The van der Waals surface area contributed by atoms with E-state index in [1.807, 2.05) is 36.6 Å². The quantitative estimate of drug-likeness (QED) is 0.861. The molecule has 0 spiro atoms. The molecule has 0 bridgehead atoms. The maximum absolute atomic E-state index is 12.0. The van der Waals surface area contributed by atoms with E-state index < -0.39 is 0 Å². The van der Waals surface area contributed by atoms with Gasteiger partial charge in [-0.15, -0.1) is 11.3 Å². The summed E-state index contributed by atoms with van der Waals surface area (Å²) in [5.41, 5.74) is 3.15. The third-order valence-electron chi connectivity index (χ3n) is 3.17. The smallest absolute Gasteiger partial charge is 0.230 e. The molecule has 0 radical (unpaired) electrons. The fourth-order valence-corrected chi connectivity index (χ4v) is 2.94. The summed E-state index contributed by atoms with van der Waals surface area (Å²) in [5, 5.41) is 8.82. The first-order chi connectivity index (χ1) is 10.1. The average molecular weight is 303 g/mol. The molecule has 5 heteroatoms. The van der Waals surface area contributed by atoms with Crippen LogP contribution in [0.2, 0.25) is 0 Å². The van der Waals surface area contributed by atoms with Crippen molar-refractivity contribution in [3.63, 3.8) is 0 Å². The van der Waals surface area contributed by atoms with Gasteiger partial charge in [-0.2, -0.15) is 0 Å². The molecule has 0 aliphatic heterocycles. The molecule has 2 N–H and O–H groups in total. The van der Waals surface area contributed by atoms with Gasteiger partial charge in [0.1, 0.15) is 0 Å². The zero-order valence-electron chi connectivity index (χ0n) is 12.6. The summed E-state index contributed by atoms with van der Waals surface area (Å²) in [6.45, 7) is 7.05. The summed E-state index contributed by atoms with van der Waals surface area (Å²) >= 11 is 1.46. The molecule has 4 nitrogen and oxygen atoms in total. The second kappa shape index (κ2) is 7.33. The number of nitrogens with one attached hydrogen (secondary N) is 2. The first-order valence-electron chi connectivity index (χ1n) is 7.12. The largest absolute Gasteiger partial charge is 0.309 e. The maximum atomic E-state index is 12.0. The Morgan fingerprint density at radius 3 is 2.95 bits per heavy atom. The van der Waals surface area contributed by atoms with Crippen molar-refractivity contribution in [1.82, 2.24) is 10.3 Å². The fourth-order valence-electron chi connectivity index (χ4n) is 2.12. The van der Waals surface area contributed by atoms with Gasteiger partial charge in [-0.3, -0.25) is 4.79 Å². The molecule has 1 aromatic carbocycles. The van der Waals surface area contributed by atoms with Crippen LogP contribution in [-0.2, 0) is 11.2 Å². The minimum absolute atomic E-state index is 0.0300. The van der Waals surface area contributed by atoms with Gasteiger partial charge in [-0.05, 0) is 26.0 Å². The minimum atomic E-state index is -0.0300. The number of aromatic nitrogens is 1. The predicted octanol–water partition coefficient (Wildman–Crippen LogP) is 3.30. The fraction of sp³-hybridized carbons (Fsp3) is 0.375. The van der Waals surface area contributed by atoms with Gasteiger partial charge >= 0.3 is 0 Å². The average Bonchev–Trinajstić information content (AvgIpc) is 2.87. The van der Waals surface area contributed by atoms with E-state index in [1.165, 1.54) is 11.3 Å². The van der Waals surface area contributed by atoms with Crippen molar-refractivity contribution in [2.75, 3.05) is 11.9 Å². The lowest BCUT2D eigenvalue weighted by Crippen LogP contribution is -2.18. The molecule has 0 saturated heterocycles. The Hall–Kier alpha value is -1.72. The Morgan fingerprint density at radius 1 is 1.43 bits per heavy atom. The molecule has 1 heterocycles. The molecule has 1 unspecified atom stereocenters. The van der Waals surface area contributed by atoms with Crippen LogP contribution in [0.5, 0.6) is 0 Å². The first-order valence-corrected chi connectivity index (χ1v) is 8.00. The maximum Gasteiger partial charge on any atom is 0.230 e. The molecular weight excluding hydrogens is 282 g/mol.